The molecule has 0 bridgehead atoms. The predicted molar refractivity (Wildman–Crippen MR) is 419 cm³/mol. The van der Waals surface area contributed by atoms with Crippen LogP contribution >= 0.6 is 0 Å². The summed E-state index contributed by atoms with van der Waals surface area (Å²) < 4.78 is 77.1. The number of ketones is 2. The number of carboxylic acid groups (broad SMARTS) is 2. The molecule has 11 amide bonds. The number of aliphatic hydroxyl groups excluding tert-OH is 2. The summed E-state index contributed by atoms with van der Waals surface area (Å²) in [7, 11) is 0. The number of ether oxygens (including phenoxy) is 2. The largest absolute Gasteiger partial charge is 0.490 e. The summed E-state index contributed by atoms with van der Waals surface area (Å²) >= 11 is 0. The molecule has 662 valence electrons. The van der Waals surface area contributed by atoms with Crippen LogP contribution in [-0.2, 0) is 52.7 Å². The van der Waals surface area contributed by atoms with Gasteiger partial charge in [0.25, 0.3) is 41.4 Å². The normalized spacial score (nSPS) is 33.8. The molecule has 8 fully saturated rings. The number of allylic oxidation sites excluding steroid dienone is 8. The first kappa shape index (κ1) is 92.4. The number of rotatable bonds is 23. The highest BCUT2D eigenvalue weighted by molar-refractivity contribution is 6.25. The molecule has 0 aromatic heterocycles. The lowest BCUT2D eigenvalue weighted by Crippen LogP contribution is -2.70. The van der Waals surface area contributed by atoms with E-state index in [0.29, 0.717) is 88.7 Å². The fourth-order valence-corrected chi connectivity index (χ4v) is 21.6. The van der Waals surface area contributed by atoms with Crippen molar-refractivity contribution in [3.8, 4) is 11.5 Å². The van der Waals surface area contributed by atoms with E-state index in [1.807, 2.05) is 6.92 Å². The Labute approximate surface area is 699 Å². The van der Waals surface area contributed by atoms with Crippen LogP contribution in [0.25, 0.3) is 0 Å². The van der Waals surface area contributed by atoms with Gasteiger partial charge in [-0.05, 0) is 183 Å². The van der Waals surface area contributed by atoms with Crippen molar-refractivity contribution < 1.29 is 134 Å². The third-order valence-corrected chi connectivity index (χ3v) is 28.1. The van der Waals surface area contributed by atoms with E-state index in [2.05, 4.69) is 26.6 Å². The highest BCUT2D eigenvalue weighted by Gasteiger charge is 2.78. The first-order valence-corrected chi connectivity index (χ1v) is 41.4. The van der Waals surface area contributed by atoms with Crippen LogP contribution in [0.1, 0.15) is 211 Å². The third kappa shape index (κ3) is 16.2. The van der Waals surface area contributed by atoms with Crippen LogP contribution in [0.4, 0.5) is 22.0 Å². The first-order valence-electron chi connectivity index (χ1n) is 41.4. The minimum Gasteiger partial charge on any atom is -0.483 e. The lowest BCUT2D eigenvalue weighted by Gasteiger charge is -2.62. The zero-order chi connectivity index (χ0) is 89.5. The summed E-state index contributed by atoms with van der Waals surface area (Å²) in [6, 6.07) is 6.75. The number of carbonyl (C=O) groups excluding carboxylic acids is 13. The van der Waals surface area contributed by atoms with Gasteiger partial charge < -0.3 is 61.8 Å². The minimum absolute atomic E-state index is 0.00530. The summed E-state index contributed by atoms with van der Waals surface area (Å²) in [5, 5.41) is 75.5. The number of carboxylic acids is 2. The molecule has 2 aromatic rings. The van der Waals surface area contributed by atoms with Gasteiger partial charge in [0, 0.05) is 66.0 Å². The van der Waals surface area contributed by atoms with Crippen molar-refractivity contribution >= 4 is 88.5 Å². The smallest absolute Gasteiger partial charge is 0.483 e. The van der Waals surface area contributed by atoms with Gasteiger partial charge in [0.05, 0.1) is 34.5 Å². The number of fused-ring (bicyclic) bond motifs is 12. The van der Waals surface area contributed by atoms with Gasteiger partial charge in [0.15, 0.2) is 47.3 Å². The molecule has 0 radical (unpaired) electrons. The van der Waals surface area contributed by atoms with Crippen LogP contribution in [0, 0.1) is 57.2 Å². The molecule has 36 heteroatoms. The van der Waals surface area contributed by atoms with Crippen molar-refractivity contribution in [2.45, 2.75) is 223 Å². The topological polar surface area (TPSA) is 489 Å². The standard InChI is InChI=1S/C42H51FN4O10.C21H27FO5.C21H26N4O6.C2HF3O2/c1-23-19-28-27-12-11-24-20-25(48)15-16-39(24,2)41(27,43)31(49)21-40(28,3)42(23,56)38(55)45-18-7-5-4-6-17-44-33(51)22-57-30-10-8-9-26-34(30)37(54)47(36(26)53)29-13-14-32(50)46-35(29)52;1-11-8-15-14-5-4-12-9-13(23)6-7-18(12,2)20(14,22)16(24)10-19(15,3)21(11,27)17(25)26;22-10-3-1-2-4-11-23-17(27)12-31-15-7-5-6-13-18(15)21(30)25(20(13)29)14-8-9-16(26)24-19(14)28;3-2(4,5)1(6)7/h8-10,15-16,20,23,27-29,31,49,56H,4-7,11-14,17-19,21-22H2,1-3H3,(H,44,51)(H,45,55)(H,46,50,52);6-7,9,11,14-16,24,27H,4-5,8,10H2,1-3H3,(H,25,26);5-7,14H,1-4,8-12,22H2,(H,23,27)(H,24,26,28);(H,6,7)/t23-,27+,28+,29?,31+,39+,40+,41+,42+;11-,14+,15+,16+,18+,19+,20+,21+;;/m11../s1. The zero-order valence-electron chi connectivity index (χ0n) is 68.6. The number of carbonyl (C=O) groups is 15. The minimum atomic E-state index is -5.08. The summed E-state index contributed by atoms with van der Waals surface area (Å²) in [5.41, 5.74) is -5.31. The van der Waals surface area contributed by atoms with Crippen molar-refractivity contribution in [3.05, 3.63) is 106 Å². The van der Waals surface area contributed by atoms with Gasteiger partial charge >= 0.3 is 18.1 Å². The number of benzene rings is 2. The maximum atomic E-state index is 17.4. The van der Waals surface area contributed by atoms with Crippen LogP contribution in [0.3, 0.4) is 0 Å². The summed E-state index contributed by atoms with van der Waals surface area (Å²) in [4.78, 5) is 184. The lowest BCUT2D eigenvalue weighted by molar-refractivity contribution is -0.225. The molecule has 4 heterocycles. The van der Waals surface area contributed by atoms with E-state index >= 15 is 8.78 Å². The van der Waals surface area contributed by atoms with E-state index in [4.69, 9.17) is 25.1 Å². The number of imide groups is 4. The number of nitrogens with two attached hydrogens (primary N) is 1. The van der Waals surface area contributed by atoms with Gasteiger partial charge in [-0.3, -0.25) is 82.8 Å². The Morgan fingerprint density at radius 3 is 1.29 bits per heavy atom. The fraction of sp³-hybridized carbons (Fsp3) is 0.593. The number of aliphatic hydroxyl groups is 4. The molecule has 2 aromatic carbocycles. The molecule has 122 heavy (non-hydrogen) atoms. The van der Waals surface area contributed by atoms with Gasteiger partial charge in [-0.1, -0.05) is 88.8 Å². The lowest BCUT2D eigenvalue weighted by atomic mass is 9.44. The average molecular weight is 1710 g/mol. The monoisotopic (exact) mass is 1710 g/mol. The quantitative estimate of drug-likeness (QED) is 0.0357. The number of alkyl halides is 5. The molecule has 0 spiro atoms. The molecule has 6 saturated carbocycles. The number of hydrogen-bond acceptors (Lipinski definition) is 22. The fourth-order valence-electron chi connectivity index (χ4n) is 21.6. The van der Waals surface area contributed by atoms with Crippen molar-refractivity contribution in [2.24, 2.45) is 62.9 Å². The second-order valence-electron chi connectivity index (χ2n) is 34.8. The molecule has 8 aliphatic carbocycles. The average Bonchev–Trinajstić information content (AvgIpc) is 1.45. The van der Waals surface area contributed by atoms with Crippen LogP contribution in [0.15, 0.2) is 84.0 Å². The van der Waals surface area contributed by atoms with Crippen LogP contribution in [0.2, 0.25) is 0 Å². The maximum Gasteiger partial charge on any atom is 0.490 e. The SMILES string of the molecule is C[C@@H]1C[C@H]2[C@@H]3CCC4=CC(=O)C=C[C@]4(C)[C@@]3(F)[C@@H](O)C[C@]2(C)[C@@]1(O)C(=O)NCCCCCCNC(=O)COc1cccc2c1C(=O)N(C1CCC(=O)NC1=O)C2=O.C[C@@H]1C[C@H]2[C@@H]3CCC4=CC(=O)C=C[C@]4(C)[C@@]3(F)[C@@H](O)C[C@]2(C)[C@@]1(O)C(=O)O.NCCCCCCNC(=O)COc1cccc2c1C(=O)N(C1CCC(=O)NC1=O)C2=O.O=C(O)C(F)(F)F. The van der Waals surface area contributed by atoms with Gasteiger partial charge in [-0.15, -0.1) is 0 Å². The molecule has 2 saturated heterocycles. The number of unbranched alkanes of at least 4 members (excludes halogenated alkanes) is 6. The van der Waals surface area contributed by atoms with Gasteiger partial charge in [0.1, 0.15) is 23.6 Å². The first-order chi connectivity index (χ1) is 57.3. The zero-order valence-corrected chi connectivity index (χ0v) is 68.6. The van der Waals surface area contributed by atoms with Crippen molar-refractivity contribution in [1.29, 1.82) is 0 Å². The summed E-state index contributed by atoms with van der Waals surface area (Å²) in [5.74, 6) is -13.5. The number of piperidine rings is 2. The van der Waals surface area contributed by atoms with E-state index in [9.17, 15) is 106 Å². The van der Waals surface area contributed by atoms with E-state index in [0.717, 1.165) is 48.3 Å². The molecule has 18 atom stereocenters. The van der Waals surface area contributed by atoms with Crippen molar-refractivity contribution in [3.63, 3.8) is 0 Å². The number of halogens is 5. The Balaban J connectivity index is 0.000000187. The van der Waals surface area contributed by atoms with Gasteiger partial charge in [-0.2, -0.15) is 13.2 Å². The van der Waals surface area contributed by atoms with Crippen LogP contribution < -0.4 is 41.8 Å². The van der Waals surface area contributed by atoms with E-state index in [1.165, 1.54) is 54.6 Å². The Bertz CT molecular complexity index is 4740. The number of amides is 11. The van der Waals surface area contributed by atoms with Crippen molar-refractivity contribution in [2.75, 3.05) is 39.4 Å². The molecule has 2 unspecified atom stereocenters. The second-order valence-corrected chi connectivity index (χ2v) is 34.8. The number of hydrogen-bond donors (Lipinski definition) is 12. The Morgan fingerprint density at radius 1 is 0.533 bits per heavy atom. The highest BCUT2D eigenvalue weighted by Crippen LogP contribution is 2.73. The second kappa shape index (κ2) is 35.5. The van der Waals surface area contributed by atoms with E-state index < -0.39 is 176 Å². The Kier molecular flexibility index (Phi) is 26.9. The Morgan fingerprint density at radius 2 is 0.910 bits per heavy atom. The summed E-state index contributed by atoms with van der Waals surface area (Å²) in [6.07, 6.45) is 10.0. The molecule has 31 nitrogen and oxygen atoms in total. The Hall–Kier alpha value is -10.3. The maximum absolute atomic E-state index is 17.4. The molecule has 4 aliphatic heterocycles. The number of nitrogens with zero attached hydrogens (tertiary/aromatic N) is 2. The molecular weight excluding hydrogens is 1610 g/mol. The highest BCUT2D eigenvalue weighted by atomic mass is 19.4. The molecular formula is C86H105F5N8O23. The predicted octanol–water partition coefficient (Wildman–Crippen LogP) is 5.76. The number of aliphatic carboxylic acids is 2. The molecule has 13 N–H and O–H groups in total. The summed E-state index contributed by atoms with van der Waals surface area (Å²) in [6.45, 7) is 11.6. The van der Waals surface area contributed by atoms with Gasteiger partial charge in [-0.25, -0.2) is 18.4 Å². The molecule has 14 rings (SSSR count). The van der Waals surface area contributed by atoms with Gasteiger partial charge in [0.2, 0.25) is 23.6 Å². The van der Waals surface area contributed by atoms with Crippen molar-refractivity contribution in [1.82, 2.24) is 36.4 Å². The molecule has 12 aliphatic rings. The van der Waals surface area contributed by atoms with Crippen LogP contribution in [0.5, 0.6) is 11.5 Å². The third-order valence-electron chi connectivity index (χ3n) is 28.1. The van der Waals surface area contributed by atoms with Crippen LogP contribution in [-0.4, -0.2) is 221 Å². The number of nitrogens with one attached hydrogen (secondary N) is 5. The van der Waals surface area contributed by atoms with E-state index in [-0.39, 0.29) is 108 Å². The van der Waals surface area contributed by atoms with E-state index in [1.54, 1.807) is 52.8 Å².